The Bertz CT molecular complexity index is 627. The lowest BCUT2D eigenvalue weighted by Crippen LogP contribution is -1.95. The monoisotopic (exact) mass is 285 g/mol. The van der Waals surface area contributed by atoms with Crippen LogP contribution in [0.1, 0.15) is 51.2 Å². The van der Waals surface area contributed by atoms with E-state index in [0.717, 1.165) is 12.6 Å². The molecule has 2 aromatic rings. The van der Waals surface area contributed by atoms with Crippen LogP contribution < -0.4 is 0 Å². The van der Waals surface area contributed by atoms with Gasteiger partial charge in [-0.25, -0.2) is 9.78 Å². The highest BCUT2D eigenvalue weighted by Gasteiger charge is 2.21. The summed E-state index contributed by atoms with van der Waals surface area (Å²) >= 11 is 0. The second kappa shape index (κ2) is 5.72. The second-order valence-electron chi connectivity index (χ2n) is 5.65. The van der Waals surface area contributed by atoms with Gasteiger partial charge in [-0.3, -0.25) is 0 Å². The van der Waals surface area contributed by atoms with E-state index >= 15 is 0 Å². The van der Waals surface area contributed by atoms with Crippen LogP contribution in [0.15, 0.2) is 23.1 Å². The molecule has 4 nitrogen and oxygen atoms in total. The Balaban J connectivity index is 0.000000143. The lowest BCUT2D eigenvalue weighted by molar-refractivity contribution is 0.0662. The maximum absolute atomic E-state index is 9.93. The lowest BCUT2D eigenvalue weighted by Gasteiger charge is -2.10. The lowest BCUT2D eigenvalue weighted by atomic mass is 9.95. The Labute approximate surface area is 123 Å². The van der Waals surface area contributed by atoms with E-state index in [4.69, 9.17) is 5.11 Å². The zero-order valence-corrected chi connectivity index (χ0v) is 12.2. The molecule has 1 aromatic heterocycles. The summed E-state index contributed by atoms with van der Waals surface area (Å²) in [5, 5.41) is 8.14. The van der Waals surface area contributed by atoms with Crippen LogP contribution in [0.2, 0.25) is 0 Å². The average molecular weight is 285 g/mol. The van der Waals surface area contributed by atoms with Crippen LogP contribution in [0.5, 0.6) is 0 Å². The molecule has 1 aromatic carbocycles. The second-order valence-corrected chi connectivity index (χ2v) is 5.65. The molecule has 21 heavy (non-hydrogen) atoms. The Kier molecular flexibility index (Phi) is 3.78. The third-order valence-corrected chi connectivity index (χ3v) is 4.42. The van der Waals surface area contributed by atoms with Gasteiger partial charge in [0.15, 0.2) is 6.39 Å². The smallest absolute Gasteiger partial charge is 0.373 e. The molecule has 4 rings (SSSR count). The minimum Gasteiger partial charge on any atom is -0.475 e. The fraction of sp³-hybridized carbons (Fsp3) is 0.412. The number of oxazole rings is 1. The van der Waals surface area contributed by atoms with Crippen LogP contribution >= 0.6 is 0 Å². The van der Waals surface area contributed by atoms with E-state index in [0.29, 0.717) is 0 Å². The van der Waals surface area contributed by atoms with Crippen molar-refractivity contribution in [1.82, 2.24) is 4.98 Å². The minimum atomic E-state index is -1.09. The third-order valence-electron chi connectivity index (χ3n) is 4.42. The summed E-state index contributed by atoms with van der Waals surface area (Å²) in [6, 6.07) is 2.50. The number of carboxylic acid groups (broad SMARTS) is 1. The van der Waals surface area contributed by atoms with Gasteiger partial charge in [-0.15, -0.1) is 0 Å². The molecule has 0 radical (unpaired) electrons. The molecule has 1 heterocycles. The molecule has 0 spiro atoms. The highest BCUT2D eigenvalue weighted by atomic mass is 16.4. The van der Waals surface area contributed by atoms with E-state index in [9.17, 15) is 4.79 Å². The van der Waals surface area contributed by atoms with E-state index in [1.807, 2.05) is 0 Å². The number of aromatic nitrogens is 1. The van der Waals surface area contributed by atoms with Crippen molar-refractivity contribution in [2.24, 2.45) is 0 Å². The molecule has 0 bridgehead atoms. The Hall–Kier alpha value is -2.10. The molecule has 0 unspecified atom stereocenters. The van der Waals surface area contributed by atoms with Crippen molar-refractivity contribution in [2.75, 3.05) is 0 Å². The SMILES string of the molecule is Cc1c2c(cc3c1CCC3)CCC2.O=C(O)c1cnco1. The van der Waals surface area contributed by atoms with E-state index in [1.165, 1.54) is 38.5 Å². The van der Waals surface area contributed by atoms with Crippen LogP contribution in [0.3, 0.4) is 0 Å². The maximum Gasteiger partial charge on any atom is 0.373 e. The summed E-state index contributed by atoms with van der Waals surface area (Å²) in [6.45, 7) is 2.34. The van der Waals surface area contributed by atoms with E-state index < -0.39 is 5.97 Å². The summed E-state index contributed by atoms with van der Waals surface area (Å²) in [4.78, 5) is 13.3. The molecule has 2 aliphatic rings. The van der Waals surface area contributed by atoms with E-state index in [1.54, 1.807) is 27.8 Å². The van der Waals surface area contributed by atoms with Crippen molar-refractivity contribution in [2.45, 2.75) is 45.4 Å². The predicted octanol–water partition coefficient (Wildman–Crippen LogP) is 3.35. The summed E-state index contributed by atoms with van der Waals surface area (Å²) < 4.78 is 4.38. The van der Waals surface area contributed by atoms with Gasteiger partial charge < -0.3 is 9.52 Å². The van der Waals surface area contributed by atoms with Gasteiger partial charge in [0.2, 0.25) is 5.76 Å². The number of rotatable bonds is 1. The number of fused-ring (bicyclic) bond motifs is 2. The van der Waals surface area contributed by atoms with Crippen molar-refractivity contribution in [3.8, 4) is 0 Å². The van der Waals surface area contributed by atoms with Crippen LogP contribution in [-0.2, 0) is 25.7 Å². The first kappa shape index (κ1) is 13.9. The molecule has 0 fully saturated rings. The van der Waals surface area contributed by atoms with Crippen LogP contribution in [0.25, 0.3) is 0 Å². The van der Waals surface area contributed by atoms with Crippen molar-refractivity contribution in [3.05, 3.63) is 52.2 Å². The fourth-order valence-corrected chi connectivity index (χ4v) is 3.42. The first-order valence-electron chi connectivity index (χ1n) is 7.41. The highest BCUT2D eigenvalue weighted by Crippen LogP contribution is 2.34. The van der Waals surface area contributed by atoms with Crippen LogP contribution in [-0.4, -0.2) is 16.1 Å². The Morgan fingerprint density at radius 2 is 1.76 bits per heavy atom. The summed E-state index contributed by atoms with van der Waals surface area (Å²) in [5.74, 6) is -1.23. The summed E-state index contributed by atoms with van der Waals surface area (Å²) in [5.41, 5.74) is 8.36. The minimum absolute atomic E-state index is 0.134. The number of aromatic carboxylic acids is 1. The topological polar surface area (TPSA) is 63.3 Å². The Morgan fingerprint density at radius 3 is 2.19 bits per heavy atom. The molecular formula is C17H19NO3. The first-order chi connectivity index (χ1) is 10.2. The quantitative estimate of drug-likeness (QED) is 0.872. The molecule has 0 atom stereocenters. The molecule has 1 N–H and O–H groups in total. The zero-order valence-electron chi connectivity index (χ0n) is 12.2. The fourth-order valence-electron chi connectivity index (χ4n) is 3.42. The molecule has 0 amide bonds. The van der Waals surface area contributed by atoms with Gasteiger partial charge in [-0.2, -0.15) is 0 Å². The summed E-state index contributed by atoms with van der Waals surface area (Å²) in [7, 11) is 0. The molecule has 2 aliphatic carbocycles. The largest absolute Gasteiger partial charge is 0.475 e. The number of aryl methyl sites for hydroxylation is 2. The standard InChI is InChI=1S/C13H16.C4H3NO3/c1-9-12-6-2-4-10(12)8-11-5-3-7-13(9)11;6-4(7)3-1-5-2-8-3/h8H,2-7H2,1H3;1-2H,(H,6,7). The average Bonchev–Trinajstić information content (AvgIpc) is 3.21. The van der Waals surface area contributed by atoms with Gasteiger partial charge in [0, 0.05) is 0 Å². The first-order valence-corrected chi connectivity index (χ1v) is 7.41. The Morgan fingerprint density at radius 1 is 1.14 bits per heavy atom. The number of nitrogens with zero attached hydrogens (tertiary/aromatic N) is 1. The van der Waals surface area contributed by atoms with Crippen LogP contribution in [0, 0.1) is 6.92 Å². The van der Waals surface area contributed by atoms with E-state index in [2.05, 4.69) is 22.4 Å². The van der Waals surface area contributed by atoms with Gasteiger partial charge in [-0.1, -0.05) is 6.07 Å². The normalized spacial score (nSPS) is 15.1. The molecule has 0 saturated carbocycles. The van der Waals surface area contributed by atoms with Crippen LogP contribution in [0.4, 0.5) is 0 Å². The number of benzene rings is 1. The van der Waals surface area contributed by atoms with Crippen molar-refractivity contribution >= 4 is 5.97 Å². The zero-order chi connectivity index (χ0) is 14.8. The molecule has 0 aliphatic heterocycles. The van der Waals surface area contributed by atoms with E-state index in [-0.39, 0.29) is 5.76 Å². The predicted molar refractivity (Wildman–Crippen MR) is 78.7 cm³/mol. The molecule has 0 saturated heterocycles. The van der Waals surface area contributed by atoms with Gasteiger partial charge in [0.05, 0.1) is 6.20 Å². The number of hydrogen-bond acceptors (Lipinski definition) is 3. The van der Waals surface area contributed by atoms with Gasteiger partial charge in [0.1, 0.15) is 0 Å². The number of hydrogen-bond donors (Lipinski definition) is 1. The molecule has 110 valence electrons. The van der Waals surface area contributed by atoms with Crippen molar-refractivity contribution in [3.63, 3.8) is 0 Å². The third kappa shape index (κ3) is 2.71. The van der Waals surface area contributed by atoms with Gasteiger partial charge in [-0.05, 0) is 73.3 Å². The van der Waals surface area contributed by atoms with Gasteiger partial charge in [0.25, 0.3) is 0 Å². The number of carboxylic acids is 1. The summed E-state index contributed by atoms with van der Waals surface area (Å²) in [6.07, 6.45) is 10.3. The molecule has 4 heteroatoms. The highest BCUT2D eigenvalue weighted by molar-refractivity contribution is 5.83. The van der Waals surface area contributed by atoms with Gasteiger partial charge >= 0.3 is 5.97 Å². The molecular weight excluding hydrogens is 266 g/mol. The van der Waals surface area contributed by atoms with Crippen molar-refractivity contribution in [1.29, 1.82) is 0 Å². The van der Waals surface area contributed by atoms with Crippen molar-refractivity contribution < 1.29 is 14.3 Å². The number of carbonyl (C=O) groups is 1. The maximum atomic E-state index is 9.93.